The molecule has 0 bridgehead atoms. The fourth-order valence-electron chi connectivity index (χ4n) is 1.77. The molecule has 0 atom stereocenters. The van der Waals surface area contributed by atoms with E-state index in [0.717, 1.165) is 35.7 Å². The Hall–Kier alpha value is -1.91. The molecule has 0 aromatic carbocycles. The smallest absolute Gasteiger partial charge is 0.161 e. The van der Waals surface area contributed by atoms with E-state index in [1.54, 1.807) is 11.0 Å². The summed E-state index contributed by atoms with van der Waals surface area (Å²) in [6.07, 6.45) is 6.24. The maximum absolute atomic E-state index is 4.33. The van der Waals surface area contributed by atoms with Gasteiger partial charge in [-0.1, -0.05) is 6.92 Å². The summed E-state index contributed by atoms with van der Waals surface area (Å²) in [7, 11) is 0. The van der Waals surface area contributed by atoms with E-state index >= 15 is 0 Å². The Balaban J connectivity index is 2.49. The van der Waals surface area contributed by atoms with Crippen molar-refractivity contribution >= 4 is 5.82 Å². The predicted octanol–water partition coefficient (Wildman–Crippen LogP) is 1.96. The minimum Gasteiger partial charge on any atom is -0.370 e. The number of anilines is 1. The molecule has 2 heterocycles. The van der Waals surface area contributed by atoms with Crippen molar-refractivity contribution in [1.29, 1.82) is 0 Å². The number of nitrogens with one attached hydrogen (secondary N) is 1. The fourth-order valence-corrected chi connectivity index (χ4v) is 1.77. The van der Waals surface area contributed by atoms with E-state index in [1.165, 1.54) is 0 Å². The topological polar surface area (TPSA) is 55.6 Å². The monoisotopic (exact) mass is 231 g/mol. The van der Waals surface area contributed by atoms with Crippen molar-refractivity contribution in [2.45, 2.75) is 27.2 Å². The molecule has 2 aromatic heterocycles. The van der Waals surface area contributed by atoms with Crippen molar-refractivity contribution in [3.63, 3.8) is 0 Å². The summed E-state index contributed by atoms with van der Waals surface area (Å²) in [5.74, 6) is 1.75. The van der Waals surface area contributed by atoms with Crippen molar-refractivity contribution in [2.75, 3.05) is 11.9 Å². The van der Waals surface area contributed by atoms with Crippen LogP contribution in [0.4, 0.5) is 5.82 Å². The predicted molar refractivity (Wildman–Crippen MR) is 67.4 cm³/mol. The van der Waals surface area contributed by atoms with E-state index in [4.69, 9.17) is 0 Å². The van der Waals surface area contributed by atoms with Crippen LogP contribution in [-0.4, -0.2) is 26.3 Å². The summed E-state index contributed by atoms with van der Waals surface area (Å²) in [6.45, 7) is 7.02. The Morgan fingerprint density at radius 2 is 2.12 bits per heavy atom. The Morgan fingerprint density at radius 3 is 2.71 bits per heavy atom. The van der Waals surface area contributed by atoms with Crippen molar-refractivity contribution in [3.05, 3.63) is 29.8 Å². The van der Waals surface area contributed by atoms with E-state index in [9.17, 15) is 0 Å². The second-order valence-electron chi connectivity index (χ2n) is 3.87. The lowest BCUT2D eigenvalue weighted by molar-refractivity contribution is 0.817. The summed E-state index contributed by atoms with van der Waals surface area (Å²) in [6, 6.07) is 0. The van der Waals surface area contributed by atoms with Gasteiger partial charge in [0.15, 0.2) is 5.82 Å². The molecule has 0 aliphatic rings. The first kappa shape index (κ1) is 11.6. The Bertz CT molecular complexity index is 503. The molecule has 5 nitrogen and oxygen atoms in total. The molecule has 0 saturated carbocycles. The van der Waals surface area contributed by atoms with Crippen LogP contribution in [0.5, 0.6) is 0 Å². The van der Waals surface area contributed by atoms with Crippen molar-refractivity contribution in [1.82, 2.24) is 19.7 Å². The molecule has 0 radical (unpaired) electrons. The van der Waals surface area contributed by atoms with Crippen LogP contribution in [0.25, 0.3) is 5.82 Å². The number of nitrogens with zero attached hydrogens (tertiary/aromatic N) is 4. The third kappa shape index (κ3) is 2.27. The van der Waals surface area contributed by atoms with Gasteiger partial charge in [-0.25, -0.2) is 14.6 Å². The summed E-state index contributed by atoms with van der Waals surface area (Å²) in [5, 5.41) is 7.55. The van der Waals surface area contributed by atoms with Crippen LogP contribution in [-0.2, 0) is 6.42 Å². The van der Waals surface area contributed by atoms with E-state index in [-0.39, 0.29) is 0 Å². The number of rotatable bonds is 4. The molecular formula is C12H17N5. The van der Waals surface area contributed by atoms with E-state index in [0.29, 0.717) is 0 Å². The third-order valence-electron chi connectivity index (χ3n) is 2.55. The zero-order valence-corrected chi connectivity index (χ0v) is 10.4. The molecule has 0 fully saturated rings. The van der Waals surface area contributed by atoms with Gasteiger partial charge in [-0.05, 0) is 25.8 Å². The summed E-state index contributed by atoms with van der Waals surface area (Å²) < 4.78 is 1.80. The fraction of sp³-hybridized carbons (Fsp3) is 0.417. The van der Waals surface area contributed by atoms with Crippen LogP contribution in [0.15, 0.2) is 18.7 Å². The quantitative estimate of drug-likeness (QED) is 0.874. The van der Waals surface area contributed by atoms with Gasteiger partial charge in [-0.15, -0.1) is 0 Å². The van der Waals surface area contributed by atoms with Crippen LogP contribution < -0.4 is 5.32 Å². The van der Waals surface area contributed by atoms with Gasteiger partial charge in [-0.3, -0.25) is 0 Å². The average Bonchev–Trinajstić information content (AvgIpc) is 2.76. The average molecular weight is 231 g/mol. The van der Waals surface area contributed by atoms with Gasteiger partial charge in [0.25, 0.3) is 0 Å². The molecule has 0 saturated heterocycles. The highest BCUT2D eigenvalue weighted by atomic mass is 15.3. The van der Waals surface area contributed by atoms with Crippen LogP contribution in [0.2, 0.25) is 0 Å². The van der Waals surface area contributed by atoms with Crippen molar-refractivity contribution in [2.24, 2.45) is 0 Å². The molecule has 0 aliphatic carbocycles. The zero-order valence-electron chi connectivity index (χ0n) is 10.4. The largest absolute Gasteiger partial charge is 0.370 e. The Labute approximate surface area is 101 Å². The lowest BCUT2D eigenvalue weighted by Gasteiger charge is -2.11. The standard InChI is InChI=1S/C12H17N5/c1-4-10-11(13-5-2)14-8-15-12(10)17-7-9(3)6-16-17/h6-8H,4-5H2,1-3H3,(H,13,14,15). The van der Waals surface area contributed by atoms with Crippen LogP contribution in [0, 0.1) is 6.92 Å². The molecule has 0 unspecified atom stereocenters. The van der Waals surface area contributed by atoms with Gasteiger partial charge in [0.1, 0.15) is 12.1 Å². The first-order chi connectivity index (χ1) is 8.26. The minimum atomic E-state index is 0.849. The van der Waals surface area contributed by atoms with E-state index in [1.807, 2.05) is 19.3 Å². The summed E-state index contributed by atoms with van der Waals surface area (Å²) in [5.41, 5.74) is 2.22. The second kappa shape index (κ2) is 4.95. The van der Waals surface area contributed by atoms with Gasteiger partial charge >= 0.3 is 0 Å². The van der Waals surface area contributed by atoms with E-state index < -0.39 is 0 Å². The SMILES string of the molecule is CCNc1ncnc(-n2cc(C)cn2)c1CC. The van der Waals surface area contributed by atoms with Crippen molar-refractivity contribution in [3.8, 4) is 5.82 Å². The Kier molecular flexibility index (Phi) is 3.37. The molecule has 1 N–H and O–H groups in total. The molecule has 2 rings (SSSR count). The minimum absolute atomic E-state index is 0.849. The van der Waals surface area contributed by atoms with Gasteiger partial charge in [0, 0.05) is 18.3 Å². The maximum Gasteiger partial charge on any atom is 0.161 e. The van der Waals surface area contributed by atoms with Gasteiger partial charge in [-0.2, -0.15) is 5.10 Å². The summed E-state index contributed by atoms with van der Waals surface area (Å²) >= 11 is 0. The number of hydrogen-bond donors (Lipinski definition) is 1. The van der Waals surface area contributed by atoms with Gasteiger partial charge < -0.3 is 5.32 Å². The maximum atomic E-state index is 4.33. The zero-order chi connectivity index (χ0) is 12.3. The number of aromatic nitrogens is 4. The molecule has 0 aliphatic heterocycles. The lowest BCUT2D eigenvalue weighted by atomic mass is 10.2. The van der Waals surface area contributed by atoms with Gasteiger partial charge in [0.2, 0.25) is 0 Å². The first-order valence-corrected chi connectivity index (χ1v) is 5.85. The molecule has 0 amide bonds. The van der Waals surface area contributed by atoms with Crippen LogP contribution in [0.1, 0.15) is 25.0 Å². The highest BCUT2D eigenvalue weighted by Crippen LogP contribution is 2.19. The van der Waals surface area contributed by atoms with Crippen LogP contribution in [0.3, 0.4) is 0 Å². The van der Waals surface area contributed by atoms with E-state index in [2.05, 4.69) is 34.2 Å². The number of hydrogen-bond acceptors (Lipinski definition) is 4. The molecule has 2 aromatic rings. The van der Waals surface area contributed by atoms with Gasteiger partial charge in [0.05, 0.1) is 6.20 Å². The number of aryl methyl sites for hydroxylation is 1. The normalized spacial score (nSPS) is 10.5. The first-order valence-electron chi connectivity index (χ1n) is 5.85. The molecule has 90 valence electrons. The molecule has 5 heteroatoms. The Morgan fingerprint density at radius 1 is 1.29 bits per heavy atom. The molecule has 17 heavy (non-hydrogen) atoms. The lowest BCUT2D eigenvalue weighted by Crippen LogP contribution is -2.09. The molecular weight excluding hydrogens is 214 g/mol. The highest BCUT2D eigenvalue weighted by molar-refractivity contribution is 5.51. The third-order valence-corrected chi connectivity index (χ3v) is 2.55. The second-order valence-corrected chi connectivity index (χ2v) is 3.87. The van der Waals surface area contributed by atoms with Crippen molar-refractivity contribution < 1.29 is 0 Å². The van der Waals surface area contributed by atoms with Crippen LogP contribution >= 0.6 is 0 Å². The summed E-state index contributed by atoms with van der Waals surface area (Å²) in [4.78, 5) is 8.59. The molecule has 0 spiro atoms. The highest BCUT2D eigenvalue weighted by Gasteiger charge is 2.11.